The second-order valence-electron chi connectivity index (χ2n) is 4.67. The minimum atomic E-state index is -1.01. The number of fused-ring (bicyclic) bond motifs is 1. The molecule has 0 aliphatic carbocycles. The molecule has 2 aromatic heterocycles. The van der Waals surface area contributed by atoms with Crippen LogP contribution in [0.1, 0.15) is 10.4 Å². The fourth-order valence-electron chi connectivity index (χ4n) is 1.84. The summed E-state index contributed by atoms with van der Waals surface area (Å²) in [5.74, 6) is -0.0608. The first-order chi connectivity index (χ1) is 10.0. The highest BCUT2D eigenvalue weighted by molar-refractivity contribution is 5.92. The average Bonchev–Trinajstić information content (AvgIpc) is 2.90. The van der Waals surface area contributed by atoms with Gasteiger partial charge in [-0.05, 0) is 18.2 Å². The van der Waals surface area contributed by atoms with Crippen LogP contribution in [0.2, 0.25) is 0 Å². The molecule has 21 heavy (non-hydrogen) atoms. The number of carboxylic acid groups (broad SMARTS) is 1. The molecule has 2 heterocycles. The van der Waals surface area contributed by atoms with E-state index in [1.165, 1.54) is 12.1 Å². The summed E-state index contributed by atoms with van der Waals surface area (Å²) in [5.41, 5.74) is 1.80. The Hall–Kier alpha value is -2.96. The van der Waals surface area contributed by atoms with Crippen LogP contribution < -0.4 is 4.90 Å². The smallest absolute Gasteiger partial charge is 0.335 e. The molecular formula is C14H12N4O3. The molecule has 0 aliphatic rings. The third-order valence-corrected chi connectivity index (χ3v) is 2.92. The number of anilines is 1. The van der Waals surface area contributed by atoms with E-state index in [2.05, 4.69) is 15.0 Å². The second-order valence-corrected chi connectivity index (χ2v) is 4.67. The van der Waals surface area contributed by atoms with Crippen molar-refractivity contribution in [2.75, 3.05) is 19.0 Å². The average molecular weight is 284 g/mol. The Labute approximate surface area is 119 Å². The van der Waals surface area contributed by atoms with E-state index >= 15 is 0 Å². The molecule has 0 atom stereocenters. The number of carboxylic acids is 1. The number of oxazole rings is 1. The molecule has 1 aromatic carbocycles. The van der Waals surface area contributed by atoms with Crippen molar-refractivity contribution in [1.82, 2.24) is 15.0 Å². The first-order valence-electron chi connectivity index (χ1n) is 6.18. The summed E-state index contributed by atoms with van der Waals surface area (Å²) in [7, 11) is 3.70. The van der Waals surface area contributed by atoms with E-state index in [1.807, 2.05) is 14.1 Å². The van der Waals surface area contributed by atoms with Gasteiger partial charge in [-0.3, -0.25) is 0 Å². The number of aromatic carboxylic acids is 1. The monoisotopic (exact) mass is 284 g/mol. The summed E-state index contributed by atoms with van der Waals surface area (Å²) in [4.78, 5) is 25.4. The van der Waals surface area contributed by atoms with E-state index in [9.17, 15) is 4.79 Å². The Bertz CT molecular complexity index is 809. The van der Waals surface area contributed by atoms with Crippen LogP contribution in [0, 0.1) is 0 Å². The molecule has 3 aromatic rings. The SMILES string of the molecule is CN(C)c1ncc(-c2nc3ccc(C(=O)O)cc3o2)cn1. The van der Waals surface area contributed by atoms with Crippen molar-refractivity contribution in [2.24, 2.45) is 0 Å². The summed E-state index contributed by atoms with van der Waals surface area (Å²) < 4.78 is 5.58. The standard InChI is InChI=1S/C14H12N4O3/c1-18(2)14-15-6-9(7-16-14)12-17-10-4-3-8(13(19)20)5-11(10)21-12/h3-7H,1-2H3,(H,19,20). The van der Waals surface area contributed by atoms with Crippen LogP contribution in [0.15, 0.2) is 35.0 Å². The number of hydrogen-bond donors (Lipinski definition) is 1. The third kappa shape index (κ3) is 2.40. The van der Waals surface area contributed by atoms with E-state index in [0.717, 1.165) is 0 Å². The molecular weight excluding hydrogens is 272 g/mol. The van der Waals surface area contributed by atoms with Crippen LogP contribution in [0.4, 0.5) is 5.95 Å². The number of nitrogens with zero attached hydrogens (tertiary/aromatic N) is 4. The van der Waals surface area contributed by atoms with Crippen molar-refractivity contribution < 1.29 is 14.3 Å². The molecule has 0 saturated heterocycles. The highest BCUT2D eigenvalue weighted by Crippen LogP contribution is 2.24. The maximum atomic E-state index is 10.9. The van der Waals surface area contributed by atoms with Crippen LogP contribution in [0.25, 0.3) is 22.6 Å². The van der Waals surface area contributed by atoms with Crippen LogP contribution in [0.3, 0.4) is 0 Å². The number of hydrogen-bond acceptors (Lipinski definition) is 6. The minimum absolute atomic E-state index is 0.157. The lowest BCUT2D eigenvalue weighted by Gasteiger charge is -2.08. The van der Waals surface area contributed by atoms with Gasteiger partial charge in [-0.2, -0.15) is 0 Å². The summed E-state index contributed by atoms with van der Waals surface area (Å²) in [5, 5.41) is 8.96. The number of aromatic nitrogens is 3. The van der Waals surface area contributed by atoms with E-state index in [-0.39, 0.29) is 5.56 Å². The van der Waals surface area contributed by atoms with Crippen molar-refractivity contribution in [2.45, 2.75) is 0 Å². The van der Waals surface area contributed by atoms with Crippen LogP contribution in [-0.4, -0.2) is 40.1 Å². The lowest BCUT2D eigenvalue weighted by Crippen LogP contribution is -2.12. The van der Waals surface area contributed by atoms with Crippen LogP contribution in [0.5, 0.6) is 0 Å². The van der Waals surface area contributed by atoms with E-state index in [4.69, 9.17) is 9.52 Å². The fourth-order valence-corrected chi connectivity index (χ4v) is 1.84. The van der Waals surface area contributed by atoms with Gasteiger partial charge in [0.25, 0.3) is 0 Å². The molecule has 0 unspecified atom stereocenters. The van der Waals surface area contributed by atoms with E-state index in [0.29, 0.717) is 28.5 Å². The van der Waals surface area contributed by atoms with Gasteiger partial charge in [0.15, 0.2) is 5.58 Å². The van der Waals surface area contributed by atoms with Crippen molar-refractivity contribution in [3.8, 4) is 11.5 Å². The number of rotatable bonds is 3. The van der Waals surface area contributed by atoms with Gasteiger partial charge in [-0.15, -0.1) is 0 Å². The Morgan fingerprint density at radius 2 is 1.95 bits per heavy atom. The van der Waals surface area contributed by atoms with Gasteiger partial charge in [0.1, 0.15) is 5.52 Å². The van der Waals surface area contributed by atoms with Gasteiger partial charge in [-0.1, -0.05) is 0 Å². The molecule has 106 valence electrons. The first-order valence-corrected chi connectivity index (χ1v) is 6.18. The molecule has 0 spiro atoms. The molecule has 7 heteroatoms. The summed E-state index contributed by atoms with van der Waals surface area (Å²) in [6, 6.07) is 4.55. The highest BCUT2D eigenvalue weighted by atomic mass is 16.4. The molecule has 0 aliphatic heterocycles. The Morgan fingerprint density at radius 1 is 1.24 bits per heavy atom. The summed E-state index contributed by atoms with van der Waals surface area (Å²) in [6.45, 7) is 0. The first kappa shape index (κ1) is 13.0. The predicted octanol–water partition coefficient (Wildman–Crippen LogP) is 2.05. The minimum Gasteiger partial charge on any atom is -0.478 e. The van der Waals surface area contributed by atoms with Crippen molar-refractivity contribution in [3.63, 3.8) is 0 Å². The second kappa shape index (κ2) is 4.86. The van der Waals surface area contributed by atoms with Crippen molar-refractivity contribution in [1.29, 1.82) is 0 Å². The number of benzene rings is 1. The lowest BCUT2D eigenvalue weighted by atomic mass is 10.2. The lowest BCUT2D eigenvalue weighted by molar-refractivity contribution is 0.0697. The van der Waals surface area contributed by atoms with E-state index in [1.54, 1.807) is 23.4 Å². The van der Waals surface area contributed by atoms with E-state index < -0.39 is 5.97 Å². The van der Waals surface area contributed by atoms with Crippen molar-refractivity contribution in [3.05, 3.63) is 36.2 Å². The van der Waals surface area contributed by atoms with Gasteiger partial charge in [-0.25, -0.2) is 19.7 Å². The van der Waals surface area contributed by atoms with Gasteiger partial charge < -0.3 is 14.4 Å². The molecule has 0 fully saturated rings. The zero-order chi connectivity index (χ0) is 15.0. The maximum absolute atomic E-state index is 10.9. The molecule has 7 nitrogen and oxygen atoms in total. The Balaban J connectivity index is 2.02. The predicted molar refractivity (Wildman–Crippen MR) is 76.3 cm³/mol. The van der Waals surface area contributed by atoms with Crippen LogP contribution in [-0.2, 0) is 0 Å². The number of carbonyl (C=O) groups is 1. The Morgan fingerprint density at radius 3 is 2.57 bits per heavy atom. The quantitative estimate of drug-likeness (QED) is 0.786. The van der Waals surface area contributed by atoms with Gasteiger partial charge in [0.05, 0.1) is 11.1 Å². The summed E-state index contributed by atoms with van der Waals surface area (Å²) >= 11 is 0. The fraction of sp³-hybridized carbons (Fsp3) is 0.143. The van der Waals surface area contributed by atoms with Crippen molar-refractivity contribution >= 4 is 23.0 Å². The van der Waals surface area contributed by atoms with Crippen LogP contribution >= 0.6 is 0 Å². The van der Waals surface area contributed by atoms with Gasteiger partial charge in [0, 0.05) is 26.5 Å². The summed E-state index contributed by atoms with van der Waals surface area (Å²) in [6.07, 6.45) is 3.23. The van der Waals surface area contributed by atoms with Gasteiger partial charge in [0.2, 0.25) is 11.8 Å². The molecule has 0 bridgehead atoms. The molecule has 0 saturated carbocycles. The molecule has 0 radical (unpaired) electrons. The molecule has 3 rings (SSSR count). The Kier molecular flexibility index (Phi) is 3.02. The third-order valence-electron chi connectivity index (χ3n) is 2.92. The maximum Gasteiger partial charge on any atom is 0.335 e. The zero-order valence-electron chi connectivity index (χ0n) is 11.4. The largest absolute Gasteiger partial charge is 0.478 e. The molecule has 1 N–H and O–H groups in total. The molecule has 0 amide bonds. The normalized spacial score (nSPS) is 10.8. The highest BCUT2D eigenvalue weighted by Gasteiger charge is 2.12. The van der Waals surface area contributed by atoms with Gasteiger partial charge >= 0.3 is 5.97 Å². The zero-order valence-corrected chi connectivity index (χ0v) is 11.4. The topological polar surface area (TPSA) is 92.4 Å².